The zero-order valence-corrected chi connectivity index (χ0v) is 24.0. The van der Waals surface area contributed by atoms with Crippen molar-refractivity contribution in [2.75, 3.05) is 44.2 Å². The van der Waals surface area contributed by atoms with Gasteiger partial charge in [0.25, 0.3) is 0 Å². The van der Waals surface area contributed by atoms with Crippen molar-refractivity contribution >= 4 is 40.6 Å². The summed E-state index contributed by atoms with van der Waals surface area (Å²) in [6.45, 7) is 10.5. The third-order valence-corrected chi connectivity index (χ3v) is 6.80. The maximum absolute atomic E-state index is 13.4. The molecular formula is C30H34FN5O8. The number of carbonyl (C=O) groups is 4. The van der Waals surface area contributed by atoms with E-state index in [1.807, 2.05) is 6.07 Å². The average molecular weight is 612 g/mol. The third kappa shape index (κ3) is 10.6. The van der Waals surface area contributed by atoms with E-state index in [9.17, 15) is 23.6 Å². The van der Waals surface area contributed by atoms with Crippen LogP contribution in [0.25, 0.3) is 10.9 Å². The van der Waals surface area contributed by atoms with Crippen molar-refractivity contribution in [2.24, 2.45) is 0 Å². The van der Waals surface area contributed by atoms with Crippen LogP contribution in [0.2, 0.25) is 0 Å². The smallest absolute Gasteiger partial charge is 0.328 e. The van der Waals surface area contributed by atoms with Gasteiger partial charge in [-0.05, 0) is 36.2 Å². The van der Waals surface area contributed by atoms with Crippen LogP contribution in [0.5, 0.6) is 0 Å². The molecule has 2 aliphatic rings. The van der Waals surface area contributed by atoms with Crippen LogP contribution >= 0.6 is 0 Å². The number of aromatic amines is 1. The van der Waals surface area contributed by atoms with Crippen LogP contribution in [0.3, 0.4) is 0 Å². The number of rotatable bonds is 8. The zero-order valence-electron chi connectivity index (χ0n) is 24.0. The normalized spacial score (nSPS) is 15.0. The zero-order chi connectivity index (χ0) is 32.2. The molecule has 0 bridgehead atoms. The topological polar surface area (TPSA) is 188 Å². The van der Waals surface area contributed by atoms with Gasteiger partial charge in [0.05, 0.1) is 5.52 Å². The number of halogens is 1. The highest BCUT2D eigenvalue weighted by molar-refractivity contribution is 5.91. The van der Waals surface area contributed by atoms with Gasteiger partial charge in [0.1, 0.15) is 5.82 Å². The fourth-order valence-electron chi connectivity index (χ4n) is 4.72. The maximum Gasteiger partial charge on any atom is 0.328 e. The minimum atomic E-state index is -1.26. The van der Waals surface area contributed by atoms with Crippen LogP contribution in [0.15, 0.2) is 60.7 Å². The van der Waals surface area contributed by atoms with Gasteiger partial charge < -0.3 is 25.3 Å². The highest BCUT2D eigenvalue weighted by Crippen LogP contribution is 2.26. The van der Waals surface area contributed by atoms with Crippen molar-refractivity contribution in [3.8, 4) is 0 Å². The van der Waals surface area contributed by atoms with Crippen LogP contribution < -0.4 is 4.90 Å². The number of anilines is 1. The highest BCUT2D eigenvalue weighted by Gasteiger charge is 2.23. The van der Waals surface area contributed by atoms with Crippen LogP contribution in [0.4, 0.5) is 10.2 Å². The number of H-pyrrole nitrogens is 1. The summed E-state index contributed by atoms with van der Waals surface area (Å²) in [4.78, 5) is 45.6. The fraction of sp³-hybridized carbons (Fsp3) is 0.300. The van der Waals surface area contributed by atoms with Crippen LogP contribution in [0, 0.1) is 12.7 Å². The number of hydrogen-bond donors (Lipinski definition) is 5. The molecule has 0 spiro atoms. The number of benzene rings is 2. The molecule has 0 radical (unpaired) electrons. The number of aromatic nitrogens is 2. The maximum atomic E-state index is 13.4. The van der Waals surface area contributed by atoms with Crippen molar-refractivity contribution in [3.63, 3.8) is 0 Å². The molecule has 3 heterocycles. The van der Waals surface area contributed by atoms with Crippen molar-refractivity contribution in [1.29, 1.82) is 0 Å². The van der Waals surface area contributed by atoms with E-state index in [1.54, 1.807) is 0 Å². The lowest BCUT2D eigenvalue weighted by molar-refractivity contribution is -0.134. The summed E-state index contributed by atoms with van der Waals surface area (Å²) in [5.41, 5.74) is 5.09. The van der Waals surface area contributed by atoms with Crippen molar-refractivity contribution in [3.05, 3.63) is 83.2 Å². The molecule has 44 heavy (non-hydrogen) atoms. The van der Waals surface area contributed by atoms with Gasteiger partial charge >= 0.3 is 23.9 Å². The first-order valence-corrected chi connectivity index (χ1v) is 13.6. The molecule has 13 nitrogen and oxygen atoms in total. The summed E-state index contributed by atoms with van der Waals surface area (Å²) in [6, 6.07) is 11.7. The molecule has 0 saturated carbocycles. The quantitative estimate of drug-likeness (QED) is 0.235. The predicted octanol–water partition coefficient (Wildman–Crippen LogP) is 2.57. The van der Waals surface area contributed by atoms with Gasteiger partial charge in [0.2, 0.25) is 0 Å². The second kappa shape index (κ2) is 16.0. The molecule has 234 valence electrons. The van der Waals surface area contributed by atoms with E-state index < -0.39 is 23.9 Å². The van der Waals surface area contributed by atoms with E-state index >= 15 is 0 Å². The molecule has 5 rings (SSSR count). The number of hydrogen-bond acceptors (Lipinski definition) is 8. The minimum Gasteiger partial charge on any atom is -0.478 e. The van der Waals surface area contributed by atoms with Gasteiger partial charge in [-0.2, -0.15) is 5.10 Å². The molecule has 1 aromatic heterocycles. The van der Waals surface area contributed by atoms with E-state index in [4.69, 9.17) is 20.4 Å². The van der Waals surface area contributed by atoms with E-state index in [2.05, 4.69) is 50.0 Å². The fourth-order valence-corrected chi connectivity index (χ4v) is 4.72. The molecule has 0 aliphatic carbocycles. The number of nitrogens with one attached hydrogen (secondary N) is 1. The predicted molar refractivity (Wildman–Crippen MR) is 159 cm³/mol. The molecule has 2 aromatic carbocycles. The minimum absolute atomic E-state index is 0.230. The lowest BCUT2D eigenvalue weighted by atomic mass is 10.1. The summed E-state index contributed by atoms with van der Waals surface area (Å²) in [7, 11) is 0. The monoisotopic (exact) mass is 611 g/mol. The second-order valence-electron chi connectivity index (χ2n) is 10.1. The van der Waals surface area contributed by atoms with E-state index in [0.29, 0.717) is 24.3 Å². The number of carboxylic acids is 4. The second-order valence-corrected chi connectivity index (χ2v) is 10.1. The van der Waals surface area contributed by atoms with Crippen LogP contribution in [-0.2, 0) is 32.3 Å². The summed E-state index contributed by atoms with van der Waals surface area (Å²) in [5.74, 6) is -4.31. The number of piperazine rings is 1. The van der Waals surface area contributed by atoms with Crippen molar-refractivity contribution in [1.82, 2.24) is 20.0 Å². The molecule has 3 aromatic rings. The molecular weight excluding hydrogens is 577 g/mol. The summed E-state index contributed by atoms with van der Waals surface area (Å²) < 4.78 is 13.4. The highest BCUT2D eigenvalue weighted by atomic mass is 19.1. The number of nitrogens with zero attached hydrogens (tertiary/aromatic N) is 4. The Hall–Kier alpha value is -5.08. The first kappa shape index (κ1) is 33.4. The number of fused-ring (bicyclic) bond motifs is 2. The molecule has 0 atom stereocenters. The summed E-state index contributed by atoms with van der Waals surface area (Å²) in [5, 5.41) is 39.6. The van der Waals surface area contributed by atoms with Gasteiger partial charge in [-0.3, -0.25) is 14.9 Å². The molecule has 1 fully saturated rings. The Morgan fingerprint density at radius 1 is 0.773 bits per heavy atom. The largest absolute Gasteiger partial charge is 0.478 e. The molecule has 1 saturated heterocycles. The lowest BCUT2D eigenvalue weighted by Crippen LogP contribution is -2.48. The Balaban J connectivity index is 0.000000275. The molecule has 2 aliphatic heterocycles. The molecule has 5 N–H and O–H groups in total. The van der Waals surface area contributed by atoms with E-state index in [-0.39, 0.29) is 5.82 Å². The first-order chi connectivity index (χ1) is 20.9. The Bertz CT molecular complexity index is 1480. The molecule has 0 amide bonds. The Kier molecular flexibility index (Phi) is 12.1. The summed E-state index contributed by atoms with van der Waals surface area (Å²) in [6.07, 6.45) is 2.23. The Labute approximate surface area is 252 Å². The van der Waals surface area contributed by atoms with Gasteiger partial charge in [0.15, 0.2) is 5.82 Å². The lowest BCUT2D eigenvalue weighted by Gasteiger charge is -2.35. The van der Waals surface area contributed by atoms with Gasteiger partial charge in [0, 0.05) is 82.0 Å². The molecule has 14 heteroatoms. The standard InChI is InChI=1S/C22H26FN5.2C4H4O4/c1-16-2-3-17-14-27(15-18(17)12-16)7-6-26-8-10-28(11-9-26)22-20-5-4-19(23)13-21(20)24-25-22;2*5-3(6)1-2-4(7)8/h2-5,12-13H,6-11,14-15H2,1H3,(H,24,25);2*1-2H,(H,5,6)(H,7,8)/b;2*2-1+. The number of aryl methyl sites for hydroxylation is 1. The molecule has 0 unspecified atom stereocenters. The van der Waals surface area contributed by atoms with E-state index in [0.717, 1.165) is 69.1 Å². The van der Waals surface area contributed by atoms with Crippen molar-refractivity contribution in [2.45, 2.75) is 20.0 Å². The Morgan fingerprint density at radius 3 is 1.89 bits per heavy atom. The Morgan fingerprint density at radius 2 is 1.32 bits per heavy atom. The SMILES string of the molecule is Cc1ccc2c(c1)CN(CCN1CCN(c3n[nH]c4cc(F)ccc34)CC1)C2.O=C(O)/C=C/C(=O)O.O=C(O)/C=C/C(=O)O. The van der Waals surface area contributed by atoms with Crippen molar-refractivity contribution < 1.29 is 44.0 Å². The van der Waals surface area contributed by atoms with Crippen LogP contribution in [-0.4, -0.2) is 104 Å². The average Bonchev–Trinajstić information content (AvgIpc) is 3.58. The van der Waals surface area contributed by atoms with Crippen LogP contribution in [0.1, 0.15) is 16.7 Å². The first-order valence-electron chi connectivity index (χ1n) is 13.6. The van der Waals surface area contributed by atoms with Gasteiger partial charge in [-0.25, -0.2) is 23.6 Å². The van der Waals surface area contributed by atoms with E-state index in [1.165, 1.54) is 28.8 Å². The van der Waals surface area contributed by atoms with Gasteiger partial charge in [-0.1, -0.05) is 23.8 Å². The third-order valence-electron chi connectivity index (χ3n) is 6.80. The number of aliphatic carboxylic acids is 4. The van der Waals surface area contributed by atoms with Gasteiger partial charge in [-0.15, -0.1) is 0 Å². The number of carboxylic acid groups (broad SMARTS) is 4. The summed E-state index contributed by atoms with van der Waals surface area (Å²) >= 11 is 0.